The number of rotatable bonds is 7. The molecule has 0 saturated carbocycles. The van der Waals surface area contributed by atoms with E-state index in [1.165, 1.54) is 11.1 Å². The Morgan fingerprint density at radius 3 is 2.04 bits per heavy atom. The van der Waals surface area contributed by atoms with Crippen LogP contribution in [0.4, 0.5) is 0 Å². The summed E-state index contributed by atoms with van der Waals surface area (Å²) in [7, 11) is 0. The van der Waals surface area contributed by atoms with Crippen molar-refractivity contribution in [3.05, 3.63) is 29.3 Å². The Kier molecular flexibility index (Phi) is 7.30. The van der Waals surface area contributed by atoms with Gasteiger partial charge in [-0.25, -0.2) is 0 Å². The molecule has 138 valence electrons. The van der Waals surface area contributed by atoms with E-state index in [0.717, 1.165) is 18.8 Å². The number of ether oxygens (including phenoxy) is 1. The summed E-state index contributed by atoms with van der Waals surface area (Å²) in [5.74, 6) is 0.883. The summed E-state index contributed by atoms with van der Waals surface area (Å²) in [5.41, 5.74) is 2.62. The molecule has 1 atom stereocenters. The molecule has 1 rings (SSSR count). The van der Waals surface area contributed by atoms with Gasteiger partial charge in [-0.3, -0.25) is 0 Å². The van der Waals surface area contributed by atoms with Crippen molar-refractivity contribution >= 4 is 0 Å². The lowest BCUT2D eigenvalue weighted by molar-refractivity contribution is 0.0709. The van der Waals surface area contributed by atoms with Gasteiger partial charge in [-0.2, -0.15) is 0 Å². The fourth-order valence-electron chi connectivity index (χ4n) is 2.73. The summed E-state index contributed by atoms with van der Waals surface area (Å²) in [4.78, 5) is 2.21. The van der Waals surface area contributed by atoms with E-state index in [1.807, 2.05) is 0 Å². The van der Waals surface area contributed by atoms with Gasteiger partial charge in [0.1, 0.15) is 18.5 Å². The third kappa shape index (κ3) is 6.10. The molecule has 0 aliphatic heterocycles. The van der Waals surface area contributed by atoms with Gasteiger partial charge in [0.2, 0.25) is 0 Å². The molecule has 24 heavy (non-hydrogen) atoms. The predicted molar refractivity (Wildman–Crippen MR) is 103 cm³/mol. The molecule has 0 bridgehead atoms. The Bertz CT molecular complexity index is 508. The molecular formula is C21H37NO2. The maximum atomic E-state index is 10.3. The summed E-state index contributed by atoms with van der Waals surface area (Å²) in [5, 5.41) is 10.3. The van der Waals surface area contributed by atoms with E-state index in [0.29, 0.717) is 13.2 Å². The highest BCUT2D eigenvalue weighted by atomic mass is 16.5. The van der Waals surface area contributed by atoms with E-state index < -0.39 is 6.10 Å². The summed E-state index contributed by atoms with van der Waals surface area (Å²) < 4.78 is 6.01. The third-order valence-corrected chi connectivity index (χ3v) is 4.45. The molecule has 1 unspecified atom stereocenters. The van der Waals surface area contributed by atoms with Crippen LogP contribution in [0.15, 0.2) is 18.2 Å². The maximum absolute atomic E-state index is 10.3. The molecule has 0 aromatic heterocycles. The molecule has 0 fully saturated rings. The fraction of sp³-hybridized carbons (Fsp3) is 0.714. The van der Waals surface area contributed by atoms with Gasteiger partial charge in [-0.1, -0.05) is 67.5 Å². The number of hydrogen-bond acceptors (Lipinski definition) is 3. The molecule has 3 heteroatoms. The molecular weight excluding hydrogens is 298 g/mol. The Balaban J connectivity index is 2.91. The average molecular weight is 336 g/mol. The average Bonchev–Trinajstić information content (AvgIpc) is 2.48. The van der Waals surface area contributed by atoms with Crippen LogP contribution < -0.4 is 4.74 Å². The van der Waals surface area contributed by atoms with Crippen LogP contribution in [-0.4, -0.2) is 42.4 Å². The van der Waals surface area contributed by atoms with Crippen LogP contribution in [0, 0.1) is 0 Å². The predicted octanol–water partition coefficient (Wildman–Crippen LogP) is 4.36. The molecule has 1 N–H and O–H groups in total. The van der Waals surface area contributed by atoms with Crippen LogP contribution in [0.1, 0.15) is 66.5 Å². The Labute approximate surface area is 149 Å². The van der Waals surface area contributed by atoms with Crippen LogP contribution >= 0.6 is 0 Å². The number of aliphatic hydroxyl groups excluding tert-OH is 1. The first kappa shape index (κ1) is 21.0. The highest BCUT2D eigenvalue weighted by molar-refractivity contribution is 5.43. The first-order chi connectivity index (χ1) is 11.0. The van der Waals surface area contributed by atoms with Crippen molar-refractivity contribution < 1.29 is 9.84 Å². The summed E-state index contributed by atoms with van der Waals surface area (Å²) in [6.45, 7) is 20.4. The van der Waals surface area contributed by atoms with Gasteiger partial charge in [0.05, 0.1) is 0 Å². The third-order valence-electron chi connectivity index (χ3n) is 4.45. The lowest BCUT2D eigenvalue weighted by Gasteiger charge is -2.28. The zero-order valence-electron chi connectivity index (χ0n) is 16.9. The van der Waals surface area contributed by atoms with Crippen molar-refractivity contribution in [1.82, 2.24) is 4.90 Å². The van der Waals surface area contributed by atoms with E-state index in [1.54, 1.807) is 0 Å². The molecule has 0 aliphatic rings. The number of benzene rings is 1. The Morgan fingerprint density at radius 2 is 1.58 bits per heavy atom. The van der Waals surface area contributed by atoms with Crippen LogP contribution in [0.2, 0.25) is 0 Å². The van der Waals surface area contributed by atoms with Crippen LogP contribution in [0.25, 0.3) is 0 Å². The largest absolute Gasteiger partial charge is 0.491 e. The standard InChI is InChI=1S/C21H37NO2/c1-9-22(10-2)14-17(23)15-24-19-12-11-16(20(3,4)5)13-18(19)21(6,7)8/h11-13,17,23H,9-10,14-15H2,1-8H3. The lowest BCUT2D eigenvalue weighted by atomic mass is 9.80. The zero-order chi connectivity index (χ0) is 18.5. The van der Waals surface area contributed by atoms with Crippen molar-refractivity contribution in [3.8, 4) is 5.75 Å². The van der Waals surface area contributed by atoms with Gasteiger partial charge in [0.15, 0.2) is 0 Å². The van der Waals surface area contributed by atoms with E-state index >= 15 is 0 Å². The molecule has 0 radical (unpaired) electrons. The van der Waals surface area contributed by atoms with Crippen LogP contribution in [0.3, 0.4) is 0 Å². The molecule has 0 aliphatic carbocycles. The smallest absolute Gasteiger partial charge is 0.123 e. The molecule has 1 aromatic rings. The van der Waals surface area contributed by atoms with E-state index in [4.69, 9.17) is 4.74 Å². The normalized spacial score (nSPS) is 14.1. The molecule has 3 nitrogen and oxygen atoms in total. The van der Waals surface area contributed by atoms with E-state index in [9.17, 15) is 5.11 Å². The van der Waals surface area contributed by atoms with Crippen molar-refractivity contribution in [1.29, 1.82) is 0 Å². The second-order valence-electron chi connectivity index (χ2n) is 8.66. The fourth-order valence-corrected chi connectivity index (χ4v) is 2.73. The topological polar surface area (TPSA) is 32.7 Å². The molecule has 0 spiro atoms. The molecule has 1 aromatic carbocycles. The van der Waals surface area contributed by atoms with Crippen molar-refractivity contribution in [2.45, 2.75) is 72.3 Å². The van der Waals surface area contributed by atoms with E-state index in [2.05, 4.69) is 78.5 Å². The number of nitrogens with zero attached hydrogens (tertiary/aromatic N) is 1. The van der Waals surface area contributed by atoms with Gasteiger partial charge in [0, 0.05) is 6.54 Å². The minimum absolute atomic E-state index is 0.000415. The highest BCUT2D eigenvalue weighted by Crippen LogP contribution is 2.35. The van der Waals surface area contributed by atoms with Crippen molar-refractivity contribution in [2.75, 3.05) is 26.2 Å². The van der Waals surface area contributed by atoms with E-state index in [-0.39, 0.29) is 10.8 Å². The molecule has 0 amide bonds. The van der Waals surface area contributed by atoms with Gasteiger partial charge < -0.3 is 14.7 Å². The van der Waals surface area contributed by atoms with Gasteiger partial charge >= 0.3 is 0 Å². The SMILES string of the molecule is CCN(CC)CC(O)COc1ccc(C(C)(C)C)cc1C(C)(C)C. The Hall–Kier alpha value is -1.06. The number of likely N-dealkylation sites (N-methyl/N-ethyl adjacent to an activating group) is 1. The lowest BCUT2D eigenvalue weighted by Crippen LogP contribution is -2.35. The van der Waals surface area contributed by atoms with Crippen LogP contribution in [-0.2, 0) is 10.8 Å². The van der Waals surface area contributed by atoms with Gasteiger partial charge in [0.25, 0.3) is 0 Å². The molecule has 0 saturated heterocycles. The second kappa shape index (κ2) is 8.35. The minimum atomic E-state index is -0.472. The maximum Gasteiger partial charge on any atom is 0.123 e. The molecule has 0 heterocycles. The summed E-state index contributed by atoms with van der Waals surface area (Å²) in [6.07, 6.45) is -0.472. The first-order valence-electron chi connectivity index (χ1n) is 9.17. The van der Waals surface area contributed by atoms with Crippen molar-refractivity contribution in [3.63, 3.8) is 0 Å². The summed E-state index contributed by atoms with van der Waals surface area (Å²) >= 11 is 0. The number of aliphatic hydroxyl groups is 1. The van der Waals surface area contributed by atoms with Gasteiger partial charge in [-0.05, 0) is 41.1 Å². The Morgan fingerprint density at radius 1 is 1.00 bits per heavy atom. The van der Waals surface area contributed by atoms with Gasteiger partial charge in [-0.15, -0.1) is 0 Å². The highest BCUT2D eigenvalue weighted by Gasteiger charge is 2.23. The number of hydrogen-bond donors (Lipinski definition) is 1. The first-order valence-corrected chi connectivity index (χ1v) is 9.17. The van der Waals surface area contributed by atoms with Crippen molar-refractivity contribution in [2.24, 2.45) is 0 Å². The second-order valence-corrected chi connectivity index (χ2v) is 8.66. The minimum Gasteiger partial charge on any atom is -0.491 e. The summed E-state index contributed by atoms with van der Waals surface area (Å²) in [6, 6.07) is 6.46. The monoisotopic (exact) mass is 335 g/mol. The quantitative estimate of drug-likeness (QED) is 0.803. The van der Waals surface area contributed by atoms with Crippen LogP contribution in [0.5, 0.6) is 5.75 Å². The zero-order valence-corrected chi connectivity index (χ0v) is 16.9.